The molecule has 0 aromatic heterocycles. The Morgan fingerprint density at radius 3 is 1.47 bits per heavy atom. The Morgan fingerprint density at radius 2 is 1.27 bits per heavy atom. The van der Waals surface area contributed by atoms with Crippen molar-refractivity contribution in [2.45, 2.75) is 76.2 Å². The summed E-state index contributed by atoms with van der Waals surface area (Å²) in [6.07, 6.45) is 0. The summed E-state index contributed by atoms with van der Waals surface area (Å²) in [4.78, 5) is 0. The van der Waals surface area contributed by atoms with Gasteiger partial charge < -0.3 is 3.48 Å². The summed E-state index contributed by atoms with van der Waals surface area (Å²) in [5.74, 6) is 0. The molecular formula is C12H29AlOSi. The van der Waals surface area contributed by atoms with Crippen LogP contribution in [0.15, 0.2) is 0 Å². The summed E-state index contributed by atoms with van der Waals surface area (Å²) in [6.45, 7) is 21.0. The third kappa shape index (κ3) is 4.61. The summed E-state index contributed by atoms with van der Waals surface area (Å²) in [5, 5.41) is 0.349. The van der Waals surface area contributed by atoms with E-state index in [9.17, 15) is 0 Å². The standard InChI is InChI=1S/C6H15OSi.2C3H7.Al/c1-6(2,3)8(4,5)7;2*1-3-2;/h1-5H3;2*3H,1-2H3;/q-1;;;+1. The highest BCUT2D eigenvalue weighted by atomic mass is 28.4. The number of hydrogen-bond donors (Lipinski definition) is 0. The zero-order valence-electron chi connectivity index (χ0n) is 12.1. The maximum absolute atomic E-state index is 6.60. The third-order valence-electron chi connectivity index (χ3n) is 3.55. The molecule has 0 aliphatic rings. The minimum Gasteiger partial charge on any atom is -0.545 e. The Balaban J connectivity index is 4.68. The normalized spacial score (nSPS) is 13.8. The topological polar surface area (TPSA) is 9.23 Å². The Labute approximate surface area is 102 Å². The average molecular weight is 244 g/mol. The van der Waals surface area contributed by atoms with Crippen molar-refractivity contribution < 1.29 is 3.48 Å². The average Bonchev–Trinajstić information content (AvgIpc) is 1.96. The second-order valence-electron chi connectivity index (χ2n) is 6.83. The fourth-order valence-corrected chi connectivity index (χ4v) is 9.41. The molecule has 0 spiro atoms. The van der Waals surface area contributed by atoms with Gasteiger partial charge in [-0.2, -0.15) is 0 Å². The highest BCUT2D eigenvalue weighted by Crippen LogP contribution is 2.39. The molecule has 15 heavy (non-hydrogen) atoms. The molecule has 1 nitrogen and oxygen atoms in total. The highest BCUT2D eigenvalue weighted by Gasteiger charge is 2.42. The zero-order chi connectivity index (χ0) is 12.4. The second kappa shape index (κ2) is 5.36. The van der Waals surface area contributed by atoms with Crippen LogP contribution in [-0.2, 0) is 3.48 Å². The van der Waals surface area contributed by atoms with Crippen LogP contribution >= 0.6 is 0 Å². The van der Waals surface area contributed by atoms with Crippen LogP contribution < -0.4 is 0 Å². The molecule has 0 aliphatic heterocycles. The van der Waals surface area contributed by atoms with Gasteiger partial charge >= 0.3 is 14.5 Å². The summed E-state index contributed by atoms with van der Waals surface area (Å²) < 4.78 is 8.10. The fourth-order valence-electron chi connectivity index (χ4n) is 1.56. The van der Waals surface area contributed by atoms with Crippen LogP contribution in [0.2, 0.25) is 27.7 Å². The summed E-state index contributed by atoms with van der Waals surface area (Å²) >= 11 is -1.04. The lowest BCUT2D eigenvalue weighted by Crippen LogP contribution is -2.47. The molecule has 0 N–H and O–H groups in total. The van der Waals surface area contributed by atoms with Crippen LogP contribution in [0.4, 0.5) is 0 Å². The van der Waals surface area contributed by atoms with Crippen molar-refractivity contribution >= 4 is 22.8 Å². The van der Waals surface area contributed by atoms with Crippen molar-refractivity contribution in [2.75, 3.05) is 0 Å². The predicted molar refractivity (Wildman–Crippen MR) is 74.2 cm³/mol. The van der Waals surface area contributed by atoms with Gasteiger partial charge in [0.2, 0.25) is 0 Å². The van der Waals surface area contributed by atoms with Gasteiger partial charge in [0.05, 0.1) is 0 Å². The molecule has 0 aliphatic carbocycles. The first-order valence-corrected chi connectivity index (χ1v) is 10.9. The Bertz CT molecular complexity index is 186. The van der Waals surface area contributed by atoms with Gasteiger partial charge in [-0.25, -0.2) is 0 Å². The minimum atomic E-state index is -1.53. The number of hydrogen-bond acceptors (Lipinski definition) is 1. The van der Waals surface area contributed by atoms with Crippen LogP contribution in [-0.4, -0.2) is 22.8 Å². The molecule has 0 unspecified atom stereocenters. The molecule has 3 heteroatoms. The predicted octanol–water partition coefficient (Wildman–Crippen LogP) is 4.82. The Kier molecular flexibility index (Phi) is 5.61. The first-order valence-electron chi connectivity index (χ1n) is 6.17. The lowest BCUT2D eigenvalue weighted by Gasteiger charge is -2.41. The molecule has 0 rings (SSSR count). The van der Waals surface area contributed by atoms with E-state index in [-0.39, 0.29) is 0 Å². The molecule has 0 atom stereocenters. The molecule has 0 fully saturated rings. The van der Waals surface area contributed by atoms with Gasteiger partial charge in [0.25, 0.3) is 0 Å². The zero-order valence-corrected chi connectivity index (χ0v) is 14.3. The largest absolute Gasteiger partial charge is 0.545 e. The molecular weight excluding hydrogens is 215 g/mol. The van der Waals surface area contributed by atoms with Crippen LogP contribution in [0.5, 0.6) is 0 Å². The molecule has 0 saturated heterocycles. The Hall–Kier alpha value is 0.709. The van der Waals surface area contributed by atoms with Gasteiger partial charge in [0.15, 0.2) is 8.32 Å². The van der Waals surface area contributed by atoms with Gasteiger partial charge in [0.1, 0.15) is 0 Å². The molecule has 0 radical (unpaired) electrons. The van der Waals surface area contributed by atoms with Crippen molar-refractivity contribution in [2.24, 2.45) is 0 Å². The first kappa shape index (κ1) is 15.7. The minimum absolute atomic E-state index is 0.349. The van der Waals surface area contributed by atoms with E-state index < -0.39 is 22.8 Å². The lowest BCUT2D eigenvalue weighted by molar-refractivity contribution is 0.479. The quantitative estimate of drug-likeness (QED) is 0.644. The maximum atomic E-state index is 6.60. The SMILES string of the molecule is C[CH](C)[Al]([O][Si](C)(C)C(C)(C)C)[CH](C)C. The van der Waals surface area contributed by atoms with Crippen molar-refractivity contribution in [1.82, 2.24) is 0 Å². The summed E-state index contributed by atoms with van der Waals surface area (Å²) in [7, 11) is -1.53. The van der Waals surface area contributed by atoms with E-state index in [1.807, 2.05) is 0 Å². The van der Waals surface area contributed by atoms with E-state index in [4.69, 9.17) is 3.48 Å². The van der Waals surface area contributed by atoms with Gasteiger partial charge in [-0.3, -0.25) is 0 Å². The van der Waals surface area contributed by atoms with Crippen LogP contribution in [0.25, 0.3) is 0 Å². The van der Waals surface area contributed by atoms with Crippen LogP contribution in [0.1, 0.15) is 48.5 Å². The second-order valence-corrected chi connectivity index (χ2v) is 15.9. The number of rotatable bonds is 4. The molecule has 0 heterocycles. The van der Waals surface area contributed by atoms with Crippen molar-refractivity contribution in [1.29, 1.82) is 0 Å². The Morgan fingerprint density at radius 1 is 0.933 bits per heavy atom. The first-order chi connectivity index (χ1) is 6.49. The maximum Gasteiger partial charge on any atom is 0.455 e. The molecule has 0 aromatic rings. The summed E-state index contributed by atoms with van der Waals surface area (Å²) in [6, 6.07) is 0. The molecule has 0 bridgehead atoms. The van der Waals surface area contributed by atoms with Gasteiger partial charge in [-0.15, -0.1) is 0 Å². The van der Waals surface area contributed by atoms with Gasteiger partial charge in [-0.05, 0) is 18.1 Å². The van der Waals surface area contributed by atoms with E-state index in [1.165, 1.54) is 0 Å². The van der Waals surface area contributed by atoms with Gasteiger partial charge in [0, 0.05) is 0 Å². The van der Waals surface area contributed by atoms with E-state index in [1.54, 1.807) is 0 Å². The van der Waals surface area contributed by atoms with Crippen molar-refractivity contribution in [3.05, 3.63) is 0 Å². The van der Waals surface area contributed by atoms with E-state index >= 15 is 0 Å². The van der Waals surface area contributed by atoms with Crippen LogP contribution in [0.3, 0.4) is 0 Å². The highest BCUT2D eigenvalue weighted by molar-refractivity contribution is 6.81. The van der Waals surface area contributed by atoms with Crippen molar-refractivity contribution in [3.8, 4) is 0 Å². The van der Waals surface area contributed by atoms with Crippen LogP contribution in [0, 0.1) is 0 Å². The molecule has 90 valence electrons. The van der Waals surface area contributed by atoms with Crippen molar-refractivity contribution in [3.63, 3.8) is 0 Å². The van der Waals surface area contributed by atoms with E-state index in [0.717, 1.165) is 9.56 Å². The third-order valence-corrected chi connectivity index (χ3v) is 13.2. The smallest absolute Gasteiger partial charge is 0.455 e. The van der Waals surface area contributed by atoms with E-state index in [2.05, 4.69) is 61.6 Å². The molecule has 0 saturated carbocycles. The molecule has 0 aromatic carbocycles. The summed E-state index contributed by atoms with van der Waals surface area (Å²) in [5.41, 5.74) is 0. The molecule has 0 amide bonds. The monoisotopic (exact) mass is 244 g/mol. The lowest BCUT2D eigenvalue weighted by atomic mass is 10.2. The van der Waals surface area contributed by atoms with E-state index in [0.29, 0.717) is 5.04 Å². The fraction of sp³-hybridized carbons (Fsp3) is 1.00. The van der Waals surface area contributed by atoms with Gasteiger partial charge in [-0.1, -0.05) is 58.0 Å².